The second-order valence-electron chi connectivity index (χ2n) is 5.62. The van der Waals surface area contributed by atoms with Crippen LogP contribution in [0.15, 0.2) is 16.0 Å². The van der Waals surface area contributed by atoms with E-state index in [0.717, 1.165) is 54.9 Å². The maximum Gasteiger partial charge on any atom is 0.228 e. The standard InChI is InChI=1S/C15H20N4O2S/c1-11-7-13(17-21-11)9-18-3-5-19(6-4-18)15(20)8-14-10-22-12(2)16-14/h7,10H,3-6,8-9H2,1-2H3. The minimum absolute atomic E-state index is 0.169. The number of carbonyl (C=O) groups excluding carboxylic acids is 1. The summed E-state index contributed by atoms with van der Waals surface area (Å²) < 4.78 is 5.09. The minimum atomic E-state index is 0.169. The number of amides is 1. The summed E-state index contributed by atoms with van der Waals surface area (Å²) in [6.07, 6.45) is 0.410. The van der Waals surface area contributed by atoms with E-state index in [4.69, 9.17) is 4.52 Å². The van der Waals surface area contributed by atoms with Crippen LogP contribution < -0.4 is 0 Å². The van der Waals surface area contributed by atoms with Crippen molar-refractivity contribution in [3.63, 3.8) is 0 Å². The first-order chi connectivity index (χ1) is 10.6. The van der Waals surface area contributed by atoms with E-state index < -0.39 is 0 Å². The van der Waals surface area contributed by atoms with Crippen molar-refractivity contribution in [2.24, 2.45) is 0 Å². The Morgan fingerprint density at radius 1 is 1.27 bits per heavy atom. The number of piperazine rings is 1. The SMILES string of the molecule is Cc1cc(CN2CCN(C(=O)Cc3csc(C)n3)CC2)no1. The van der Waals surface area contributed by atoms with Gasteiger partial charge in [-0.1, -0.05) is 5.16 Å². The molecule has 0 atom stereocenters. The first-order valence-electron chi connectivity index (χ1n) is 7.43. The summed E-state index contributed by atoms with van der Waals surface area (Å²) in [5.41, 5.74) is 1.84. The molecule has 0 bridgehead atoms. The van der Waals surface area contributed by atoms with Crippen LogP contribution in [-0.4, -0.2) is 52.0 Å². The summed E-state index contributed by atoms with van der Waals surface area (Å²) in [4.78, 5) is 20.9. The lowest BCUT2D eigenvalue weighted by Gasteiger charge is -2.34. The van der Waals surface area contributed by atoms with Gasteiger partial charge in [-0.2, -0.15) is 0 Å². The average molecular weight is 320 g/mol. The van der Waals surface area contributed by atoms with Gasteiger partial charge in [0.15, 0.2) is 0 Å². The van der Waals surface area contributed by atoms with Gasteiger partial charge in [-0.15, -0.1) is 11.3 Å². The van der Waals surface area contributed by atoms with E-state index in [9.17, 15) is 4.79 Å². The fraction of sp³-hybridized carbons (Fsp3) is 0.533. The van der Waals surface area contributed by atoms with Gasteiger partial charge in [0.25, 0.3) is 0 Å². The molecule has 1 aliphatic rings. The Bertz CT molecular complexity index is 644. The summed E-state index contributed by atoms with van der Waals surface area (Å²) in [6, 6.07) is 1.96. The van der Waals surface area contributed by atoms with E-state index in [-0.39, 0.29) is 5.91 Å². The molecule has 1 aliphatic heterocycles. The van der Waals surface area contributed by atoms with Gasteiger partial charge in [0.05, 0.1) is 22.8 Å². The zero-order valence-corrected chi connectivity index (χ0v) is 13.7. The van der Waals surface area contributed by atoms with E-state index >= 15 is 0 Å². The summed E-state index contributed by atoms with van der Waals surface area (Å²) in [6.45, 7) is 7.90. The molecular weight excluding hydrogens is 300 g/mol. The number of hydrogen-bond donors (Lipinski definition) is 0. The Morgan fingerprint density at radius 2 is 2.05 bits per heavy atom. The average Bonchev–Trinajstić information content (AvgIpc) is 3.08. The number of thiazole rings is 1. The van der Waals surface area contributed by atoms with Crippen molar-refractivity contribution in [2.75, 3.05) is 26.2 Å². The van der Waals surface area contributed by atoms with Crippen molar-refractivity contribution in [3.8, 4) is 0 Å². The predicted octanol–water partition coefficient (Wildman–Crippen LogP) is 1.63. The first kappa shape index (κ1) is 15.2. The van der Waals surface area contributed by atoms with E-state index in [1.807, 2.05) is 30.2 Å². The van der Waals surface area contributed by atoms with Crippen LogP contribution in [-0.2, 0) is 17.8 Å². The van der Waals surface area contributed by atoms with Crippen molar-refractivity contribution in [2.45, 2.75) is 26.8 Å². The molecule has 0 radical (unpaired) electrons. The van der Waals surface area contributed by atoms with Gasteiger partial charge in [0, 0.05) is 44.2 Å². The largest absolute Gasteiger partial charge is 0.361 e. The highest BCUT2D eigenvalue weighted by molar-refractivity contribution is 7.09. The zero-order chi connectivity index (χ0) is 15.5. The zero-order valence-electron chi connectivity index (χ0n) is 12.9. The summed E-state index contributed by atoms with van der Waals surface area (Å²) >= 11 is 1.59. The van der Waals surface area contributed by atoms with Crippen molar-refractivity contribution in [1.29, 1.82) is 0 Å². The lowest BCUT2D eigenvalue weighted by molar-refractivity contribution is -0.132. The molecule has 7 heteroatoms. The molecule has 1 saturated heterocycles. The lowest BCUT2D eigenvalue weighted by atomic mass is 10.2. The molecule has 2 aromatic heterocycles. The number of aryl methyl sites for hydroxylation is 2. The molecule has 0 saturated carbocycles. The Kier molecular flexibility index (Phi) is 4.54. The van der Waals surface area contributed by atoms with Crippen molar-refractivity contribution in [3.05, 3.63) is 33.6 Å². The van der Waals surface area contributed by atoms with Crippen LogP contribution in [0.1, 0.15) is 22.2 Å². The Hall–Kier alpha value is -1.73. The lowest BCUT2D eigenvalue weighted by Crippen LogP contribution is -2.48. The topological polar surface area (TPSA) is 62.5 Å². The van der Waals surface area contributed by atoms with Gasteiger partial charge in [-0.05, 0) is 13.8 Å². The summed E-state index contributed by atoms with van der Waals surface area (Å²) in [5, 5.41) is 7.00. The predicted molar refractivity (Wildman–Crippen MR) is 83.7 cm³/mol. The van der Waals surface area contributed by atoms with Crippen LogP contribution in [0.4, 0.5) is 0 Å². The molecule has 22 heavy (non-hydrogen) atoms. The Labute approximate surface area is 133 Å². The Morgan fingerprint density at radius 3 is 2.64 bits per heavy atom. The van der Waals surface area contributed by atoms with Crippen molar-refractivity contribution < 1.29 is 9.32 Å². The number of nitrogens with zero attached hydrogens (tertiary/aromatic N) is 4. The van der Waals surface area contributed by atoms with Gasteiger partial charge >= 0.3 is 0 Å². The van der Waals surface area contributed by atoms with Gasteiger partial charge in [-0.25, -0.2) is 4.98 Å². The van der Waals surface area contributed by atoms with Crippen LogP contribution in [0.3, 0.4) is 0 Å². The molecule has 0 unspecified atom stereocenters. The van der Waals surface area contributed by atoms with Crippen LogP contribution in [0.25, 0.3) is 0 Å². The van der Waals surface area contributed by atoms with Crippen LogP contribution in [0.2, 0.25) is 0 Å². The van der Waals surface area contributed by atoms with Gasteiger partial charge in [0.1, 0.15) is 5.76 Å². The third-order valence-electron chi connectivity index (χ3n) is 3.79. The van der Waals surface area contributed by atoms with E-state index in [1.54, 1.807) is 11.3 Å². The molecule has 1 amide bonds. The molecule has 118 valence electrons. The van der Waals surface area contributed by atoms with Gasteiger partial charge < -0.3 is 9.42 Å². The fourth-order valence-corrected chi connectivity index (χ4v) is 3.25. The molecule has 0 aliphatic carbocycles. The highest BCUT2D eigenvalue weighted by Crippen LogP contribution is 2.12. The maximum atomic E-state index is 12.3. The Balaban J connectivity index is 1.47. The molecule has 0 N–H and O–H groups in total. The monoisotopic (exact) mass is 320 g/mol. The normalized spacial score (nSPS) is 16.2. The molecule has 2 aromatic rings. The molecule has 0 aromatic carbocycles. The molecular formula is C15H20N4O2S. The second kappa shape index (κ2) is 6.58. The molecule has 3 heterocycles. The van der Waals surface area contributed by atoms with E-state index in [0.29, 0.717) is 6.42 Å². The maximum absolute atomic E-state index is 12.3. The highest BCUT2D eigenvalue weighted by atomic mass is 32.1. The minimum Gasteiger partial charge on any atom is -0.361 e. The molecule has 3 rings (SSSR count). The highest BCUT2D eigenvalue weighted by Gasteiger charge is 2.22. The van der Waals surface area contributed by atoms with Gasteiger partial charge in [0.2, 0.25) is 5.91 Å². The number of rotatable bonds is 4. The fourth-order valence-electron chi connectivity index (χ4n) is 2.63. The smallest absolute Gasteiger partial charge is 0.228 e. The number of aromatic nitrogens is 2. The molecule has 1 fully saturated rings. The van der Waals surface area contributed by atoms with Crippen molar-refractivity contribution in [1.82, 2.24) is 19.9 Å². The van der Waals surface area contributed by atoms with Crippen molar-refractivity contribution >= 4 is 17.2 Å². The first-order valence-corrected chi connectivity index (χ1v) is 8.31. The van der Waals surface area contributed by atoms with Crippen LogP contribution >= 0.6 is 11.3 Å². The van der Waals surface area contributed by atoms with Gasteiger partial charge in [-0.3, -0.25) is 9.69 Å². The third kappa shape index (κ3) is 3.72. The van der Waals surface area contributed by atoms with E-state index in [2.05, 4.69) is 15.0 Å². The van der Waals surface area contributed by atoms with E-state index in [1.165, 1.54) is 0 Å². The van der Waals surface area contributed by atoms with Crippen LogP contribution in [0.5, 0.6) is 0 Å². The summed E-state index contributed by atoms with van der Waals surface area (Å²) in [7, 11) is 0. The number of hydrogen-bond acceptors (Lipinski definition) is 6. The second-order valence-corrected chi connectivity index (χ2v) is 6.68. The van der Waals surface area contributed by atoms with Crippen LogP contribution in [0, 0.1) is 13.8 Å². The molecule has 6 nitrogen and oxygen atoms in total. The summed E-state index contributed by atoms with van der Waals surface area (Å²) in [5.74, 6) is 1.00. The quantitative estimate of drug-likeness (QED) is 0.857. The number of carbonyl (C=O) groups is 1. The third-order valence-corrected chi connectivity index (χ3v) is 4.61. The molecule has 0 spiro atoms.